The van der Waals surface area contributed by atoms with Crippen LogP contribution in [0.1, 0.15) is 31.1 Å². The maximum atomic E-state index is 12.3. The van der Waals surface area contributed by atoms with Crippen molar-refractivity contribution >= 4 is 10.2 Å². The molecule has 0 radical (unpaired) electrons. The molecule has 0 bridgehead atoms. The number of hydroxylamine groups is 1. The molecule has 1 aromatic carbocycles. The highest BCUT2D eigenvalue weighted by Gasteiger charge is 2.50. The van der Waals surface area contributed by atoms with E-state index in [4.69, 9.17) is 4.84 Å². The molecule has 0 aliphatic carbocycles. The Kier molecular flexibility index (Phi) is 3.11. The van der Waals surface area contributed by atoms with Gasteiger partial charge in [-0.25, -0.2) is 0 Å². The molecule has 2 fully saturated rings. The predicted octanol–water partition coefficient (Wildman–Crippen LogP) is 1.66. The van der Waals surface area contributed by atoms with Crippen LogP contribution in [0.5, 0.6) is 0 Å². The summed E-state index contributed by atoms with van der Waals surface area (Å²) in [6.07, 6.45) is 2.53. The van der Waals surface area contributed by atoms with Gasteiger partial charge in [0.05, 0.1) is 0 Å². The number of nitrogens with zero attached hydrogens (tertiary/aromatic N) is 2. The van der Waals surface area contributed by atoms with Crippen LogP contribution in [0.25, 0.3) is 0 Å². The molecule has 1 aromatic rings. The average Bonchev–Trinajstić information content (AvgIpc) is 3.22. The SMILES string of the molecule is O=S(=O)(N1CCCCC1)N1OC1c1ccccc1. The zero-order chi connectivity index (χ0) is 12.6. The highest BCUT2D eigenvalue weighted by molar-refractivity contribution is 7.86. The van der Waals surface area contributed by atoms with Crippen LogP contribution in [0, 0.1) is 0 Å². The van der Waals surface area contributed by atoms with E-state index in [-0.39, 0.29) is 0 Å². The van der Waals surface area contributed by atoms with E-state index in [1.807, 2.05) is 30.3 Å². The van der Waals surface area contributed by atoms with Gasteiger partial charge in [0.15, 0.2) is 6.23 Å². The lowest BCUT2D eigenvalue weighted by Crippen LogP contribution is -2.39. The van der Waals surface area contributed by atoms with Crippen LogP contribution < -0.4 is 0 Å². The molecule has 0 aromatic heterocycles. The Labute approximate surface area is 107 Å². The molecular formula is C12H16N2O3S. The van der Waals surface area contributed by atoms with Gasteiger partial charge in [-0.15, -0.1) is 0 Å². The largest absolute Gasteiger partial charge is 0.307 e. The van der Waals surface area contributed by atoms with E-state index >= 15 is 0 Å². The smallest absolute Gasteiger partial charge is 0.253 e. The number of hydrogen-bond donors (Lipinski definition) is 0. The zero-order valence-electron chi connectivity index (χ0n) is 10.0. The Morgan fingerprint density at radius 2 is 1.72 bits per heavy atom. The molecule has 2 aliphatic heterocycles. The summed E-state index contributed by atoms with van der Waals surface area (Å²) >= 11 is 0. The van der Waals surface area contributed by atoms with Crippen LogP contribution >= 0.6 is 0 Å². The molecule has 2 saturated heterocycles. The Balaban J connectivity index is 1.73. The first kappa shape index (κ1) is 12.1. The van der Waals surface area contributed by atoms with Crippen molar-refractivity contribution in [2.45, 2.75) is 25.5 Å². The molecule has 2 atom stereocenters. The second-order valence-corrected chi connectivity index (χ2v) is 6.36. The summed E-state index contributed by atoms with van der Waals surface area (Å²) in [5.41, 5.74) is 0.873. The third-order valence-electron chi connectivity index (χ3n) is 3.30. The van der Waals surface area contributed by atoms with Gasteiger partial charge in [-0.05, 0) is 17.3 Å². The summed E-state index contributed by atoms with van der Waals surface area (Å²) < 4.78 is 27.1. The van der Waals surface area contributed by atoms with Gasteiger partial charge in [0.1, 0.15) is 0 Å². The molecule has 0 saturated carbocycles. The molecular weight excluding hydrogens is 252 g/mol. The molecule has 0 N–H and O–H groups in total. The van der Waals surface area contributed by atoms with E-state index in [1.54, 1.807) is 0 Å². The van der Waals surface area contributed by atoms with Crippen LogP contribution in [-0.4, -0.2) is 30.3 Å². The van der Waals surface area contributed by atoms with Gasteiger partial charge >= 0.3 is 10.2 Å². The van der Waals surface area contributed by atoms with Crippen molar-refractivity contribution in [1.82, 2.24) is 8.77 Å². The summed E-state index contributed by atoms with van der Waals surface area (Å²) in [5, 5.41) is 0. The highest BCUT2D eigenvalue weighted by atomic mass is 32.2. The minimum absolute atomic E-state index is 0.446. The standard InChI is InChI=1S/C12H16N2O3S/c15-18(16,13-9-5-2-6-10-13)14-12(17-14)11-7-3-1-4-8-11/h1,3-4,7-8,12H,2,5-6,9-10H2. The number of hydrogen-bond acceptors (Lipinski definition) is 3. The lowest BCUT2D eigenvalue weighted by atomic mass is 10.2. The maximum Gasteiger partial charge on any atom is 0.307 e. The third-order valence-corrected chi connectivity index (χ3v) is 5.05. The molecule has 2 unspecified atom stereocenters. The van der Waals surface area contributed by atoms with Gasteiger partial charge in [-0.2, -0.15) is 12.7 Å². The molecule has 2 aliphatic rings. The first-order chi connectivity index (χ1) is 8.69. The minimum Gasteiger partial charge on any atom is -0.253 e. The average molecular weight is 268 g/mol. The van der Waals surface area contributed by atoms with Crippen LogP contribution in [-0.2, 0) is 15.0 Å². The summed E-state index contributed by atoms with van der Waals surface area (Å²) in [4.78, 5) is 5.22. The Bertz CT molecular complexity index is 511. The normalized spacial score (nSPS) is 29.1. The predicted molar refractivity (Wildman–Crippen MR) is 66.5 cm³/mol. The summed E-state index contributed by atoms with van der Waals surface area (Å²) in [7, 11) is -3.44. The molecule has 98 valence electrons. The van der Waals surface area contributed by atoms with Crippen LogP contribution in [0.2, 0.25) is 0 Å². The molecule has 0 amide bonds. The number of piperidine rings is 1. The topological polar surface area (TPSA) is 52.9 Å². The Hall–Kier alpha value is -0.950. The van der Waals surface area contributed by atoms with E-state index in [0.717, 1.165) is 29.3 Å². The third kappa shape index (κ3) is 2.16. The summed E-state index contributed by atoms with van der Waals surface area (Å²) in [5.74, 6) is 0. The molecule has 2 heterocycles. The van der Waals surface area contributed by atoms with E-state index < -0.39 is 16.4 Å². The van der Waals surface area contributed by atoms with Crippen LogP contribution in [0.3, 0.4) is 0 Å². The van der Waals surface area contributed by atoms with Crippen molar-refractivity contribution in [1.29, 1.82) is 0 Å². The van der Waals surface area contributed by atoms with Crippen molar-refractivity contribution in [3.8, 4) is 0 Å². The fourth-order valence-electron chi connectivity index (χ4n) is 2.26. The van der Waals surface area contributed by atoms with E-state index in [2.05, 4.69) is 0 Å². The Morgan fingerprint density at radius 3 is 2.39 bits per heavy atom. The van der Waals surface area contributed by atoms with Gasteiger partial charge in [0, 0.05) is 18.7 Å². The first-order valence-electron chi connectivity index (χ1n) is 6.21. The monoisotopic (exact) mass is 268 g/mol. The van der Waals surface area contributed by atoms with Gasteiger partial charge in [-0.3, -0.25) is 4.84 Å². The fourth-order valence-corrected chi connectivity index (χ4v) is 3.76. The van der Waals surface area contributed by atoms with Crippen molar-refractivity contribution in [2.75, 3.05) is 13.1 Å². The van der Waals surface area contributed by atoms with Gasteiger partial charge in [-0.1, -0.05) is 36.8 Å². The van der Waals surface area contributed by atoms with E-state index in [0.29, 0.717) is 13.1 Å². The van der Waals surface area contributed by atoms with Crippen LogP contribution in [0.15, 0.2) is 30.3 Å². The maximum absolute atomic E-state index is 12.3. The highest BCUT2D eigenvalue weighted by Crippen LogP contribution is 2.41. The van der Waals surface area contributed by atoms with Crippen molar-refractivity contribution < 1.29 is 13.3 Å². The van der Waals surface area contributed by atoms with Crippen molar-refractivity contribution in [3.63, 3.8) is 0 Å². The van der Waals surface area contributed by atoms with E-state index in [9.17, 15) is 8.42 Å². The molecule has 6 heteroatoms. The van der Waals surface area contributed by atoms with Gasteiger partial charge in [0.2, 0.25) is 0 Å². The second-order valence-electron chi connectivity index (χ2n) is 4.59. The second kappa shape index (κ2) is 4.62. The zero-order valence-corrected chi connectivity index (χ0v) is 10.8. The lowest BCUT2D eigenvalue weighted by molar-refractivity contribution is 0.253. The summed E-state index contributed by atoms with van der Waals surface area (Å²) in [6.45, 7) is 1.20. The lowest BCUT2D eigenvalue weighted by Gasteiger charge is -2.24. The quantitative estimate of drug-likeness (QED) is 0.783. The van der Waals surface area contributed by atoms with Gasteiger partial charge in [0.25, 0.3) is 0 Å². The minimum atomic E-state index is -3.44. The molecule has 3 rings (SSSR count). The first-order valence-corrected chi connectivity index (χ1v) is 7.60. The van der Waals surface area contributed by atoms with Crippen molar-refractivity contribution in [3.05, 3.63) is 35.9 Å². The fraction of sp³-hybridized carbons (Fsp3) is 0.500. The van der Waals surface area contributed by atoms with E-state index in [1.165, 1.54) is 4.31 Å². The summed E-state index contributed by atoms with van der Waals surface area (Å²) in [6, 6.07) is 9.40. The Morgan fingerprint density at radius 1 is 1.06 bits per heavy atom. The van der Waals surface area contributed by atoms with Crippen LogP contribution in [0.4, 0.5) is 0 Å². The molecule has 5 nitrogen and oxygen atoms in total. The van der Waals surface area contributed by atoms with Gasteiger partial charge < -0.3 is 0 Å². The molecule has 0 spiro atoms. The van der Waals surface area contributed by atoms with Crippen molar-refractivity contribution in [2.24, 2.45) is 0 Å². The number of rotatable bonds is 3. The number of benzene rings is 1. The molecule has 18 heavy (non-hydrogen) atoms.